The van der Waals surface area contributed by atoms with E-state index in [1.165, 1.54) is 36.4 Å². The molecule has 3 rings (SSSR count). The van der Waals surface area contributed by atoms with Gasteiger partial charge >= 0.3 is 5.97 Å². The minimum Gasteiger partial charge on any atom is -0.497 e. The second kappa shape index (κ2) is 14.9. The summed E-state index contributed by atoms with van der Waals surface area (Å²) >= 11 is 0. The molecule has 0 saturated heterocycles. The average Bonchev–Trinajstić information content (AvgIpc) is 2.97. The highest BCUT2D eigenvalue weighted by atomic mass is 32.2. The third-order valence-corrected chi connectivity index (χ3v) is 7.56. The number of hydrogen-bond acceptors (Lipinski definition) is 8. The van der Waals surface area contributed by atoms with Crippen molar-refractivity contribution in [1.29, 1.82) is 0 Å². The van der Waals surface area contributed by atoms with Gasteiger partial charge in [0.1, 0.15) is 17.5 Å². The molecule has 0 radical (unpaired) electrons. The van der Waals surface area contributed by atoms with Crippen LogP contribution in [0.15, 0.2) is 71.8 Å². The van der Waals surface area contributed by atoms with E-state index < -0.39 is 21.9 Å². The highest BCUT2D eigenvalue weighted by Gasteiger charge is 2.21. The van der Waals surface area contributed by atoms with Crippen LogP contribution in [0.3, 0.4) is 0 Å². The molecule has 0 fully saturated rings. The van der Waals surface area contributed by atoms with Crippen molar-refractivity contribution in [3.63, 3.8) is 0 Å². The highest BCUT2D eigenvalue weighted by Crippen LogP contribution is 2.15. The lowest BCUT2D eigenvalue weighted by atomic mass is 10.1. The molecule has 41 heavy (non-hydrogen) atoms. The minimum absolute atomic E-state index is 0.0268. The Labute approximate surface area is 240 Å². The largest absolute Gasteiger partial charge is 0.497 e. The van der Waals surface area contributed by atoms with Crippen molar-refractivity contribution in [2.24, 2.45) is 0 Å². The van der Waals surface area contributed by atoms with Gasteiger partial charge in [0.25, 0.3) is 21.8 Å². The van der Waals surface area contributed by atoms with Gasteiger partial charge in [-0.25, -0.2) is 22.9 Å². The Kier molecular flexibility index (Phi) is 11.4. The number of nitrogens with zero attached hydrogens (tertiary/aromatic N) is 1. The topological polar surface area (TPSA) is 141 Å². The summed E-state index contributed by atoms with van der Waals surface area (Å²) in [4.78, 5) is 41.3. The number of methoxy groups -OCH3 is 1. The zero-order valence-corrected chi connectivity index (χ0v) is 24.2. The lowest BCUT2D eigenvalue weighted by molar-refractivity contribution is 0.0251. The fourth-order valence-electron chi connectivity index (χ4n) is 4.04. The second-order valence-corrected chi connectivity index (χ2v) is 11.0. The van der Waals surface area contributed by atoms with E-state index in [-0.39, 0.29) is 33.7 Å². The zero-order valence-electron chi connectivity index (χ0n) is 23.4. The number of nitrogens with one attached hydrogen (secondary N) is 2. The Morgan fingerprint density at radius 3 is 2.20 bits per heavy atom. The maximum atomic E-state index is 12.8. The Hall–Kier alpha value is -4.25. The van der Waals surface area contributed by atoms with Crippen molar-refractivity contribution in [3.8, 4) is 5.75 Å². The molecule has 0 unspecified atom stereocenters. The number of amides is 2. The molecule has 0 saturated carbocycles. The molecule has 1 aromatic heterocycles. The Morgan fingerprint density at radius 1 is 0.902 bits per heavy atom. The predicted molar refractivity (Wildman–Crippen MR) is 153 cm³/mol. The van der Waals surface area contributed by atoms with Gasteiger partial charge in [-0.15, -0.1) is 0 Å². The van der Waals surface area contributed by atoms with Crippen LogP contribution in [0.4, 0.5) is 0 Å². The van der Waals surface area contributed by atoms with Crippen LogP contribution in [0, 0.1) is 0 Å². The van der Waals surface area contributed by atoms with Crippen LogP contribution in [0.2, 0.25) is 0 Å². The number of esters is 1. The molecule has 0 aliphatic carbocycles. The standard InChI is InChI=1S/C30H35N3O7S/c1-4-7-24(8-5-2)40-30(36)27-16-13-23(20-32-27)29(35)33-41(37,38)26-14-11-22(12-15-26)28(34)31-18-17-21-9-6-10-25(19-21)39-3/h6,9-16,19-20,24H,4-5,7-8,17-18H2,1-3H3,(H,31,34)(H,33,35). The number of benzene rings is 2. The van der Waals surface area contributed by atoms with E-state index in [0.717, 1.165) is 43.2 Å². The summed E-state index contributed by atoms with van der Waals surface area (Å²) in [6.45, 7) is 4.40. The monoisotopic (exact) mass is 581 g/mol. The number of carbonyl (C=O) groups excluding carboxylic acids is 3. The summed E-state index contributed by atoms with van der Waals surface area (Å²) < 4.78 is 38.2. The van der Waals surface area contributed by atoms with Crippen molar-refractivity contribution in [2.45, 2.75) is 57.0 Å². The fraction of sp³-hybridized carbons (Fsp3) is 0.333. The van der Waals surface area contributed by atoms with Crippen LogP contribution in [-0.2, 0) is 21.2 Å². The molecule has 0 bridgehead atoms. The van der Waals surface area contributed by atoms with Crippen molar-refractivity contribution < 1.29 is 32.3 Å². The minimum atomic E-state index is -4.23. The van der Waals surface area contributed by atoms with E-state index in [2.05, 4.69) is 10.3 Å². The van der Waals surface area contributed by atoms with Crippen LogP contribution in [0.25, 0.3) is 0 Å². The molecule has 0 spiro atoms. The molecule has 0 aliphatic heterocycles. The quantitative estimate of drug-likeness (QED) is 0.269. The molecule has 2 aromatic carbocycles. The molecular formula is C30H35N3O7S. The molecule has 1 heterocycles. The molecule has 0 atom stereocenters. The van der Waals surface area contributed by atoms with Gasteiger partial charge in [-0.2, -0.15) is 0 Å². The van der Waals surface area contributed by atoms with Crippen molar-refractivity contribution in [1.82, 2.24) is 15.0 Å². The summed E-state index contributed by atoms with van der Waals surface area (Å²) in [6.07, 6.45) is 4.75. The number of carbonyl (C=O) groups is 3. The van der Waals surface area contributed by atoms with E-state index in [0.29, 0.717) is 13.0 Å². The smallest absolute Gasteiger partial charge is 0.357 e. The van der Waals surface area contributed by atoms with E-state index in [1.54, 1.807) is 7.11 Å². The Bertz CT molecular complexity index is 1430. The summed E-state index contributed by atoms with van der Waals surface area (Å²) in [5.74, 6) is -1.14. The van der Waals surface area contributed by atoms with E-state index in [4.69, 9.17) is 9.47 Å². The van der Waals surface area contributed by atoms with Gasteiger partial charge in [0.15, 0.2) is 0 Å². The molecule has 2 N–H and O–H groups in total. The van der Waals surface area contributed by atoms with Gasteiger partial charge < -0.3 is 14.8 Å². The molecule has 2 amide bonds. The number of rotatable bonds is 14. The summed E-state index contributed by atoms with van der Waals surface area (Å²) in [6, 6.07) is 15.4. The van der Waals surface area contributed by atoms with E-state index in [9.17, 15) is 22.8 Å². The van der Waals surface area contributed by atoms with Crippen LogP contribution in [0.5, 0.6) is 5.75 Å². The van der Waals surface area contributed by atoms with Crippen LogP contribution >= 0.6 is 0 Å². The van der Waals surface area contributed by atoms with Crippen LogP contribution < -0.4 is 14.8 Å². The van der Waals surface area contributed by atoms with Crippen molar-refractivity contribution >= 4 is 27.8 Å². The van der Waals surface area contributed by atoms with E-state index in [1.807, 2.05) is 42.8 Å². The Balaban J connectivity index is 1.56. The third kappa shape index (κ3) is 9.14. The number of ether oxygens (including phenoxy) is 2. The average molecular weight is 582 g/mol. The zero-order chi connectivity index (χ0) is 29.8. The maximum absolute atomic E-state index is 12.8. The SMILES string of the molecule is CCCC(CCC)OC(=O)c1ccc(C(=O)NS(=O)(=O)c2ccc(C(=O)NCCc3cccc(OC)c3)cc2)cn1. The normalized spacial score (nSPS) is 11.1. The Morgan fingerprint density at radius 2 is 1.59 bits per heavy atom. The van der Waals surface area contributed by atoms with Gasteiger partial charge in [0, 0.05) is 18.3 Å². The summed E-state index contributed by atoms with van der Waals surface area (Å²) in [7, 11) is -2.64. The molecule has 10 nitrogen and oxygen atoms in total. The first-order valence-electron chi connectivity index (χ1n) is 13.4. The molecular weight excluding hydrogens is 546 g/mol. The van der Waals surface area contributed by atoms with Gasteiger partial charge in [-0.05, 0) is 73.4 Å². The summed E-state index contributed by atoms with van der Waals surface area (Å²) in [5.41, 5.74) is 1.25. The second-order valence-electron chi connectivity index (χ2n) is 9.35. The lowest BCUT2D eigenvalue weighted by Crippen LogP contribution is -2.31. The first kappa shape index (κ1) is 31.3. The molecule has 11 heteroatoms. The van der Waals surface area contributed by atoms with Gasteiger partial charge in [-0.1, -0.05) is 38.8 Å². The van der Waals surface area contributed by atoms with Crippen LogP contribution in [-0.4, -0.2) is 50.9 Å². The maximum Gasteiger partial charge on any atom is 0.357 e. The van der Waals surface area contributed by atoms with Crippen molar-refractivity contribution in [2.75, 3.05) is 13.7 Å². The number of hydrogen-bond donors (Lipinski definition) is 2. The highest BCUT2D eigenvalue weighted by molar-refractivity contribution is 7.90. The molecule has 218 valence electrons. The number of aromatic nitrogens is 1. The third-order valence-electron chi connectivity index (χ3n) is 6.22. The number of sulfonamides is 1. The lowest BCUT2D eigenvalue weighted by Gasteiger charge is -2.16. The van der Waals surface area contributed by atoms with Gasteiger partial charge in [0.05, 0.1) is 17.6 Å². The molecule has 3 aromatic rings. The van der Waals surface area contributed by atoms with Gasteiger partial charge in [0.2, 0.25) is 0 Å². The van der Waals surface area contributed by atoms with Crippen molar-refractivity contribution in [3.05, 3.63) is 89.2 Å². The fourth-order valence-corrected chi connectivity index (χ4v) is 5.02. The molecule has 0 aliphatic rings. The first-order chi connectivity index (χ1) is 19.7. The summed E-state index contributed by atoms with van der Waals surface area (Å²) in [5, 5.41) is 2.79. The van der Waals surface area contributed by atoms with Crippen LogP contribution in [0.1, 0.15) is 76.3 Å². The van der Waals surface area contributed by atoms with Gasteiger partial charge in [-0.3, -0.25) is 9.59 Å². The van der Waals surface area contributed by atoms with E-state index >= 15 is 0 Å². The first-order valence-corrected chi connectivity index (χ1v) is 14.9. The predicted octanol–water partition coefficient (Wildman–Crippen LogP) is 4.31. The number of pyridine rings is 1.